The highest BCUT2D eigenvalue weighted by Crippen LogP contribution is 2.31. The first kappa shape index (κ1) is 22.8. The van der Waals surface area contributed by atoms with E-state index in [-0.39, 0.29) is 11.1 Å². The van der Waals surface area contributed by atoms with E-state index >= 15 is 0 Å². The zero-order chi connectivity index (χ0) is 22.2. The quantitative estimate of drug-likeness (QED) is 0.281. The molecule has 0 bridgehead atoms. The minimum absolute atomic E-state index is 0.0697. The Morgan fingerprint density at radius 2 is 1.58 bits per heavy atom. The van der Waals surface area contributed by atoms with Crippen molar-refractivity contribution in [3.63, 3.8) is 0 Å². The summed E-state index contributed by atoms with van der Waals surface area (Å²) in [5.74, 6) is 10.4. The first-order valence-electron chi connectivity index (χ1n) is 10.4. The topological polar surface area (TPSA) is 12.4 Å². The van der Waals surface area contributed by atoms with Crippen LogP contribution in [-0.4, -0.2) is 5.16 Å². The van der Waals surface area contributed by atoms with Gasteiger partial charge in [-0.05, 0) is 74.2 Å². The fourth-order valence-electron chi connectivity index (χ4n) is 3.81. The average molecular weight is 438 g/mol. The Labute approximate surface area is 186 Å². The normalized spacial score (nSPS) is 17.5. The van der Waals surface area contributed by atoms with Crippen LogP contribution in [0.4, 0.5) is 18.9 Å². The molecule has 0 aliphatic heterocycles. The fourth-order valence-corrected chi connectivity index (χ4v) is 3.90. The molecule has 0 aromatic heterocycles. The second-order valence-corrected chi connectivity index (χ2v) is 7.89. The van der Waals surface area contributed by atoms with E-state index < -0.39 is 23.1 Å². The highest BCUT2D eigenvalue weighted by Gasteiger charge is 2.18. The second-order valence-electron chi connectivity index (χ2n) is 7.71. The fraction of sp³-hybridized carbons (Fsp3) is 0.346. The number of hydrogen-bond donors (Lipinski definition) is 0. The van der Waals surface area contributed by atoms with Gasteiger partial charge in [-0.3, -0.25) is 0 Å². The van der Waals surface area contributed by atoms with Gasteiger partial charge in [-0.1, -0.05) is 43.4 Å². The van der Waals surface area contributed by atoms with Crippen LogP contribution in [-0.2, 0) is 0 Å². The highest BCUT2D eigenvalue weighted by atomic mass is 32.1. The van der Waals surface area contributed by atoms with Gasteiger partial charge in [0.15, 0.2) is 11.6 Å². The molecular weight excluding hydrogens is 415 g/mol. The molecule has 1 aliphatic rings. The zero-order valence-corrected chi connectivity index (χ0v) is 18.1. The summed E-state index contributed by atoms with van der Waals surface area (Å²) >= 11 is 4.37. The zero-order valence-electron chi connectivity index (χ0n) is 17.3. The van der Waals surface area contributed by atoms with Crippen LogP contribution in [0.15, 0.2) is 35.3 Å². The summed E-state index contributed by atoms with van der Waals surface area (Å²) in [6.45, 7) is 2.22. The molecule has 0 spiro atoms. The lowest BCUT2D eigenvalue weighted by molar-refractivity contribution is 0.300. The highest BCUT2D eigenvalue weighted by molar-refractivity contribution is 7.78. The van der Waals surface area contributed by atoms with E-state index in [0.29, 0.717) is 11.5 Å². The first-order chi connectivity index (χ1) is 15.0. The van der Waals surface area contributed by atoms with Crippen LogP contribution in [0.25, 0.3) is 0 Å². The van der Waals surface area contributed by atoms with Crippen LogP contribution in [0.3, 0.4) is 0 Å². The number of isothiocyanates is 1. The van der Waals surface area contributed by atoms with Gasteiger partial charge < -0.3 is 0 Å². The maximum absolute atomic E-state index is 14.4. The minimum Gasteiger partial charge on any atom is -0.206 e. The maximum atomic E-state index is 14.4. The lowest BCUT2D eigenvalue weighted by Crippen LogP contribution is -2.13. The van der Waals surface area contributed by atoms with E-state index in [2.05, 4.69) is 47.8 Å². The van der Waals surface area contributed by atoms with Gasteiger partial charge in [-0.15, -0.1) is 0 Å². The molecule has 31 heavy (non-hydrogen) atoms. The minimum atomic E-state index is -0.906. The summed E-state index contributed by atoms with van der Waals surface area (Å²) in [5, 5.41) is 1.93. The molecule has 5 heteroatoms. The molecule has 0 unspecified atom stereocenters. The summed E-state index contributed by atoms with van der Waals surface area (Å²) < 4.78 is 42.2. The van der Waals surface area contributed by atoms with E-state index in [1.54, 1.807) is 6.07 Å². The Morgan fingerprint density at radius 3 is 2.19 bits per heavy atom. The van der Waals surface area contributed by atoms with Crippen LogP contribution < -0.4 is 0 Å². The van der Waals surface area contributed by atoms with E-state index in [9.17, 15) is 13.2 Å². The molecule has 0 N–H and O–H groups in total. The average Bonchev–Trinajstić information content (AvgIpc) is 2.75. The van der Waals surface area contributed by atoms with Crippen molar-refractivity contribution in [2.75, 3.05) is 0 Å². The lowest BCUT2D eigenvalue weighted by Gasteiger charge is -2.25. The van der Waals surface area contributed by atoms with Crippen molar-refractivity contribution in [1.82, 2.24) is 0 Å². The number of thiocarbonyl (C=S) groups is 1. The van der Waals surface area contributed by atoms with Crippen LogP contribution in [0.2, 0.25) is 0 Å². The third-order valence-corrected chi connectivity index (χ3v) is 5.54. The Kier molecular flexibility index (Phi) is 8.07. The van der Waals surface area contributed by atoms with Crippen LogP contribution in [0.5, 0.6) is 0 Å². The van der Waals surface area contributed by atoms with Crippen molar-refractivity contribution in [2.24, 2.45) is 16.8 Å². The molecule has 0 heterocycles. The summed E-state index contributed by atoms with van der Waals surface area (Å²) in [6, 6.07) is 6.63. The number of benzene rings is 2. The molecule has 1 fully saturated rings. The molecule has 158 valence electrons. The van der Waals surface area contributed by atoms with E-state index in [1.807, 2.05) is 5.16 Å². The van der Waals surface area contributed by atoms with Crippen molar-refractivity contribution in [1.29, 1.82) is 0 Å². The molecule has 0 radical (unpaired) electrons. The van der Waals surface area contributed by atoms with Crippen LogP contribution >= 0.6 is 12.2 Å². The number of nitrogens with zero attached hydrogens (tertiary/aromatic N) is 1. The smallest absolute Gasteiger partial charge is 0.153 e. The molecule has 0 saturated heterocycles. The SMILES string of the molecule is CCCC1CCC(C#Cc2ccc(C#Cc3cc(F)c(N=C=S)c(F)c3)c(F)c2)CC1. The molecule has 1 nitrogen and oxygen atoms in total. The van der Waals surface area contributed by atoms with Gasteiger partial charge in [-0.2, -0.15) is 4.99 Å². The van der Waals surface area contributed by atoms with Gasteiger partial charge in [0.1, 0.15) is 11.5 Å². The Hall–Kier alpha value is -2.85. The molecular formula is C26H22F3NS. The Balaban J connectivity index is 1.70. The summed E-state index contributed by atoms with van der Waals surface area (Å²) in [4.78, 5) is 3.35. The van der Waals surface area contributed by atoms with Gasteiger partial charge >= 0.3 is 0 Å². The summed E-state index contributed by atoms with van der Waals surface area (Å²) in [7, 11) is 0. The summed E-state index contributed by atoms with van der Waals surface area (Å²) in [5.41, 5.74) is 0.277. The van der Waals surface area contributed by atoms with Crippen molar-refractivity contribution in [3.8, 4) is 23.7 Å². The van der Waals surface area contributed by atoms with E-state index in [4.69, 9.17) is 0 Å². The monoisotopic (exact) mass is 437 g/mol. The van der Waals surface area contributed by atoms with Crippen LogP contribution in [0, 0.1) is 53.0 Å². The third kappa shape index (κ3) is 6.31. The lowest BCUT2D eigenvalue weighted by atomic mass is 9.80. The Bertz CT molecular complexity index is 1100. The third-order valence-electron chi connectivity index (χ3n) is 5.45. The van der Waals surface area contributed by atoms with Crippen molar-refractivity contribution >= 4 is 23.1 Å². The van der Waals surface area contributed by atoms with Crippen molar-refractivity contribution < 1.29 is 13.2 Å². The molecule has 0 atom stereocenters. The predicted molar refractivity (Wildman–Crippen MR) is 121 cm³/mol. The number of rotatable bonds is 3. The molecule has 1 saturated carbocycles. The number of aliphatic imine (C=N–C) groups is 1. The van der Waals surface area contributed by atoms with Gasteiger partial charge in [0.2, 0.25) is 0 Å². The van der Waals surface area contributed by atoms with Gasteiger partial charge in [0.25, 0.3) is 0 Å². The van der Waals surface area contributed by atoms with Gasteiger partial charge in [-0.25, -0.2) is 13.2 Å². The molecule has 2 aromatic carbocycles. The van der Waals surface area contributed by atoms with Gasteiger partial charge in [0.05, 0.1) is 10.7 Å². The van der Waals surface area contributed by atoms with Crippen molar-refractivity contribution in [3.05, 3.63) is 64.5 Å². The van der Waals surface area contributed by atoms with E-state index in [0.717, 1.165) is 30.9 Å². The first-order valence-corrected chi connectivity index (χ1v) is 10.8. The largest absolute Gasteiger partial charge is 0.206 e. The molecule has 1 aliphatic carbocycles. The Morgan fingerprint density at radius 1 is 0.903 bits per heavy atom. The predicted octanol–water partition coefficient (Wildman–Crippen LogP) is 7.20. The maximum Gasteiger partial charge on any atom is 0.153 e. The second kappa shape index (κ2) is 11.0. The number of hydrogen-bond acceptors (Lipinski definition) is 2. The molecule has 2 aromatic rings. The van der Waals surface area contributed by atoms with Gasteiger partial charge in [0, 0.05) is 17.0 Å². The number of halogens is 3. The van der Waals surface area contributed by atoms with Crippen molar-refractivity contribution in [2.45, 2.75) is 45.4 Å². The van der Waals surface area contributed by atoms with Crippen LogP contribution in [0.1, 0.15) is 62.1 Å². The molecule has 3 rings (SSSR count). The standard InChI is InChI=1S/C26H22F3NS/c1-2-3-18-4-6-19(7-5-18)8-9-20-10-12-22(23(27)14-20)13-11-21-15-24(28)26(30-17-31)25(29)16-21/h10,12,14-16,18-19H,2-7H2,1H3. The van der Waals surface area contributed by atoms with E-state index in [1.165, 1.54) is 37.8 Å². The summed E-state index contributed by atoms with van der Waals surface area (Å²) in [6.07, 6.45) is 7.16. The molecule has 0 amide bonds.